The Morgan fingerprint density at radius 1 is 1.25 bits per heavy atom. The number of hydrogen-bond donors (Lipinski definition) is 1. The molecule has 0 aliphatic carbocycles. The van der Waals surface area contributed by atoms with E-state index in [1.54, 1.807) is 24.3 Å². The molecule has 1 heterocycles. The highest BCUT2D eigenvalue weighted by atomic mass is 79.9. The van der Waals surface area contributed by atoms with Crippen LogP contribution in [0.15, 0.2) is 53.0 Å². The molecule has 1 amide bonds. The maximum absolute atomic E-state index is 12.8. The predicted octanol–water partition coefficient (Wildman–Crippen LogP) is 3.63. The van der Waals surface area contributed by atoms with Crippen LogP contribution in [0.3, 0.4) is 0 Å². The number of rotatable bonds is 5. The van der Waals surface area contributed by atoms with E-state index in [0.29, 0.717) is 12.1 Å². The molecule has 1 unspecified atom stereocenters. The van der Waals surface area contributed by atoms with Crippen LogP contribution in [0.5, 0.6) is 5.75 Å². The van der Waals surface area contributed by atoms with Crippen molar-refractivity contribution in [2.24, 2.45) is 0 Å². The van der Waals surface area contributed by atoms with Crippen molar-refractivity contribution in [1.82, 2.24) is 5.32 Å². The van der Waals surface area contributed by atoms with Gasteiger partial charge in [-0.15, -0.1) is 0 Å². The van der Waals surface area contributed by atoms with Crippen LogP contribution < -0.4 is 14.4 Å². The first-order chi connectivity index (χ1) is 13.0. The van der Waals surface area contributed by atoms with Gasteiger partial charge in [-0.25, -0.2) is 8.42 Å². The van der Waals surface area contributed by atoms with Gasteiger partial charge in [0.05, 0.1) is 18.0 Å². The van der Waals surface area contributed by atoms with Crippen molar-refractivity contribution in [1.29, 1.82) is 0 Å². The average Bonchev–Trinajstić information content (AvgIpc) is 2.57. The fraction of sp³-hybridized carbons (Fsp3) is 0.350. The number of hydrogen-bond acceptors (Lipinski definition) is 4. The van der Waals surface area contributed by atoms with Gasteiger partial charge in [0, 0.05) is 16.5 Å². The molecule has 28 heavy (non-hydrogen) atoms. The third-order valence-electron chi connectivity index (χ3n) is 4.50. The Kier molecular flexibility index (Phi) is 5.72. The van der Waals surface area contributed by atoms with Gasteiger partial charge in [0.25, 0.3) is 0 Å². The number of nitrogens with one attached hydrogen (secondary N) is 1. The van der Waals surface area contributed by atoms with Gasteiger partial charge in [0.15, 0.2) is 0 Å². The van der Waals surface area contributed by atoms with Crippen LogP contribution in [-0.2, 0) is 14.8 Å². The first-order valence-corrected chi connectivity index (χ1v) is 11.5. The van der Waals surface area contributed by atoms with Crippen molar-refractivity contribution < 1.29 is 17.9 Å². The van der Waals surface area contributed by atoms with E-state index in [1.165, 1.54) is 0 Å². The molecule has 3 rings (SSSR count). The number of carbonyl (C=O) groups is 1. The Labute approximate surface area is 174 Å². The molecule has 1 N–H and O–H groups in total. The minimum absolute atomic E-state index is 0.253. The van der Waals surface area contributed by atoms with E-state index in [1.807, 2.05) is 38.1 Å². The smallest absolute Gasteiger partial charge is 0.241 e. The molecule has 0 spiro atoms. The van der Waals surface area contributed by atoms with Crippen molar-refractivity contribution >= 4 is 37.5 Å². The Bertz CT molecular complexity index is 991. The Morgan fingerprint density at radius 3 is 2.64 bits per heavy atom. The van der Waals surface area contributed by atoms with E-state index in [0.717, 1.165) is 26.3 Å². The van der Waals surface area contributed by atoms with Gasteiger partial charge in [-0.3, -0.25) is 9.10 Å². The number of benzene rings is 2. The normalized spacial score (nSPS) is 17.9. The van der Waals surface area contributed by atoms with Crippen molar-refractivity contribution in [3.63, 3.8) is 0 Å². The molecule has 0 saturated carbocycles. The SMILES string of the molecule is CC1(C)CC(NC(=O)CN(c2cccc(Br)c2)S(C)(=O)=O)c2ccccc2O1. The third-order valence-corrected chi connectivity index (χ3v) is 6.13. The largest absolute Gasteiger partial charge is 0.487 e. The topological polar surface area (TPSA) is 75.7 Å². The number of amides is 1. The van der Waals surface area contributed by atoms with Crippen molar-refractivity contribution in [2.75, 3.05) is 17.1 Å². The number of halogens is 1. The Balaban J connectivity index is 1.82. The molecule has 8 heteroatoms. The van der Waals surface area contributed by atoms with Crippen LogP contribution in [-0.4, -0.2) is 32.7 Å². The number of ether oxygens (including phenoxy) is 1. The Hall–Kier alpha value is -2.06. The molecule has 1 aliphatic heterocycles. The summed E-state index contributed by atoms with van der Waals surface area (Å²) >= 11 is 3.34. The molecular weight excluding hydrogens is 444 g/mol. The molecule has 1 atom stereocenters. The number of anilines is 1. The molecule has 0 aromatic heterocycles. The summed E-state index contributed by atoms with van der Waals surface area (Å²) in [7, 11) is -3.63. The standard InChI is InChI=1S/C20H23BrN2O4S/c1-20(2)12-17(16-9-4-5-10-18(16)27-20)22-19(24)13-23(28(3,25)26)15-8-6-7-14(21)11-15/h4-11,17H,12-13H2,1-3H3,(H,22,24). The lowest BCUT2D eigenvalue weighted by Gasteiger charge is -2.38. The lowest BCUT2D eigenvalue weighted by Crippen LogP contribution is -2.45. The number of para-hydroxylation sites is 1. The monoisotopic (exact) mass is 466 g/mol. The minimum atomic E-state index is -3.63. The zero-order chi connectivity index (χ0) is 20.5. The van der Waals surface area contributed by atoms with E-state index in [9.17, 15) is 13.2 Å². The summed E-state index contributed by atoms with van der Waals surface area (Å²) in [6.07, 6.45) is 1.68. The lowest BCUT2D eigenvalue weighted by atomic mass is 9.89. The van der Waals surface area contributed by atoms with E-state index in [-0.39, 0.29) is 18.5 Å². The quantitative estimate of drug-likeness (QED) is 0.729. The lowest BCUT2D eigenvalue weighted by molar-refractivity contribution is -0.120. The highest BCUT2D eigenvalue weighted by molar-refractivity contribution is 9.10. The molecule has 150 valence electrons. The summed E-state index contributed by atoms with van der Waals surface area (Å²) in [4.78, 5) is 12.8. The fourth-order valence-corrected chi connectivity index (χ4v) is 4.57. The molecule has 0 saturated heterocycles. The summed E-state index contributed by atoms with van der Waals surface area (Å²) < 4.78 is 32.4. The zero-order valence-corrected chi connectivity index (χ0v) is 18.4. The second kappa shape index (κ2) is 7.75. The number of nitrogens with zero attached hydrogens (tertiary/aromatic N) is 1. The molecule has 0 radical (unpaired) electrons. The van der Waals surface area contributed by atoms with Gasteiger partial charge in [0.1, 0.15) is 17.9 Å². The summed E-state index contributed by atoms with van der Waals surface area (Å²) in [5, 5.41) is 2.98. The van der Waals surface area contributed by atoms with Crippen molar-refractivity contribution in [2.45, 2.75) is 31.9 Å². The summed E-state index contributed by atoms with van der Waals surface area (Å²) in [5.74, 6) is 0.360. The van der Waals surface area contributed by atoms with Gasteiger partial charge in [-0.05, 0) is 38.1 Å². The summed E-state index contributed by atoms with van der Waals surface area (Å²) in [5.41, 5.74) is 0.885. The molecular formula is C20H23BrN2O4S. The minimum Gasteiger partial charge on any atom is -0.487 e. The molecule has 6 nitrogen and oxygen atoms in total. The van der Waals surface area contributed by atoms with Crippen LogP contribution in [0.2, 0.25) is 0 Å². The molecule has 2 aromatic carbocycles. The Morgan fingerprint density at radius 2 is 1.96 bits per heavy atom. The number of carbonyl (C=O) groups excluding carboxylic acids is 1. The molecule has 0 fully saturated rings. The van der Waals surface area contributed by atoms with E-state index >= 15 is 0 Å². The second-order valence-corrected chi connectivity index (χ2v) is 10.3. The van der Waals surface area contributed by atoms with Crippen LogP contribution in [0.4, 0.5) is 5.69 Å². The maximum atomic E-state index is 12.8. The summed E-state index contributed by atoms with van der Waals surface area (Å²) in [6.45, 7) is 3.63. The predicted molar refractivity (Wildman–Crippen MR) is 113 cm³/mol. The molecule has 1 aliphatic rings. The van der Waals surface area contributed by atoms with Crippen LogP contribution in [0, 0.1) is 0 Å². The van der Waals surface area contributed by atoms with Gasteiger partial charge < -0.3 is 10.1 Å². The average molecular weight is 467 g/mol. The zero-order valence-electron chi connectivity index (χ0n) is 16.0. The van der Waals surface area contributed by atoms with Crippen LogP contribution in [0.25, 0.3) is 0 Å². The maximum Gasteiger partial charge on any atom is 0.241 e. The van der Waals surface area contributed by atoms with Gasteiger partial charge in [-0.1, -0.05) is 40.2 Å². The van der Waals surface area contributed by atoms with Gasteiger partial charge in [-0.2, -0.15) is 0 Å². The van der Waals surface area contributed by atoms with Gasteiger partial charge in [0.2, 0.25) is 15.9 Å². The number of sulfonamides is 1. The second-order valence-electron chi connectivity index (χ2n) is 7.47. The van der Waals surface area contributed by atoms with Gasteiger partial charge >= 0.3 is 0 Å². The summed E-state index contributed by atoms with van der Waals surface area (Å²) in [6, 6.07) is 14.2. The first kappa shape index (κ1) is 20.7. The van der Waals surface area contributed by atoms with Crippen molar-refractivity contribution in [3.05, 3.63) is 58.6 Å². The van der Waals surface area contributed by atoms with E-state index in [2.05, 4.69) is 21.2 Å². The first-order valence-electron chi connectivity index (χ1n) is 8.86. The molecule has 2 aromatic rings. The molecule has 0 bridgehead atoms. The van der Waals surface area contributed by atoms with Crippen molar-refractivity contribution in [3.8, 4) is 5.75 Å². The third kappa shape index (κ3) is 4.86. The number of fused-ring (bicyclic) bond motifs is 1. The highest BCUT2D eigenvalue weighted by Crippen LogP contribution is 2.39. The van der Waals surface area contributed by atoms with E-state index < -0.39 is 15.6 Å². The van der Waals surface area contributed by atoms with E-state index in [4.69, 9.17) is 4.74 Å². The fourth-order valence-electron chi connectivity index (χ4n) is 3.33. The highest BCUT2D eigenvalue weighted by Gasteiger charge is 2.34. The van der Waals surface area contributed by atoms with Crippen LogP contribution >= 0.6 is 15.9 Å². The van der Waals surface area contributed by atoms with Crippen LogP contribution in [0.1, 0.15) is 31.9 Å².